The summed E-state index contributed by atoms with van der Waals surface area (Å²) < 4.78 is 0. The van der Waals surface area contributed by atoms with Gasteiger partial charge in [-0.1, -0.05) is 6.42 Å². The Morgan fingerprint density at radius 3 is 2.93 bits per heavy atom. The third kappa shape index (κ3) is 2.90. The molecule has 2 aliphatic heterocycles. The Kier molecular flexibility index (Phi) is 3.78. The second-order valence-electron chi connectivity index (χ2n) is 5.12. The summed E-state index contributed by atoms with van der Waals surface area (Å²) in [5.41, 5.74) is 0.484. The van der Waals surface area contributed by atoms with Crippen molar-refractivity contribution in [2.24, 2.45) is 0 Å². The van der Waals surface area contributed by atoms with E-state index in [2.05, 4.69) is 24.0 Å². The van der Waals surface area contributed by atoms with Crippen LogP contribution in [-0.4, -0.2) is 23.1 Å². The Morgan fingerprint density at radius 1 is 1.36 bits per heavy atom. The van der Waals surface area contributed by atoms with Crippen LogP contribution in [0.5, 0.6) is 0 Å². The summed E-state index contributed by atoms with van der Waals surface area (Å²) in [6.07, 6.45) is 10.0. The minimum Gasteiger partial charge on any atom is -0.312 e. The van der Waals surface area contributed by atoms with Gasteiger partial charge in [-0.05, 0) is 57.7 Å². The third-order valence-corrected chi connectivity index (χ3v) is 5.22. The normalized spacial score (nSPS) is 38.8. The fourth-order valence-corrected chi connectivity index (χ4v) is 4.01. The van der Waals surface area contributed by atoms with Crippen LogP contribution >= 0.6 is 11.8 Å². The predicted octanol–water partition coefficient (Wildman–Crippen LogP) is 3.19. The van der Waals surface area contributed by atoms with E-state index in [-0.39, 0.29) is 0 Å². The molecule has 0 aromatic carbocycles. The van der Waals surface area contributed by atoms with Crippen LogP contribution in [0.2, 0.25) is 0 Å². The molecule has 1 nitrogen and oxygen atoms in total. The summed E-state index contributed by atoms with van der Waals surface area (Å²) >= 11 is 2.22. The van der Waals surface area contributed by atoms with E-state index in [4.69, 9.17) is 0 Å². The van der Waals surface area contributed by atoms with E-state index in [1.807, 2.05) is 0 Å². The highest BCUT2D eigenvalue weighted by Gasteiger charge is 2.28. The molecular formula is C12H23NS. The summed E-state index contributed by atoms with van der Waals surface area (Å²) in [7, 11) is 0. The Hall–Kier alpha value is 0.310. The first-order valence-electron chi connectivity index (χ1n) is 6.15. The molecule has 0 amide bonds. The van der Waals surface area contributed by atoms with Gasteiger partial charge >= 0.3 is 0 Å². The lowest BCUT2D eigenvalue weighted by Gasteiger charge is -2.28. The number of hydrogen-bond acceptors (Lipinski definition) is 2. The van der Waals surface area contributed by atoms with Crippen LogP contribution in [0.3, 0.4) is 0 Å². The fraction of sp³-hybridized carbons (Fsp3) is 1.00. The molecule has 1 N–H and O–H groups in total. The lowest BCUT2D eigenvalue weighted by Crippen LogP contribution is -2.36. The maximum absolute atomic E-state index is 3.66. The SMILES string of the molecule is CC1(CCC2CCCCS2)CCCN1. The molecule has 82 valence electrons. The monoisotopic (exact) mass is 213 g/mol. The zero-order chi connectivity index (χ0) is 9.86. The topological polar surface area (TPSA) is 12.0 Å². The van der Waals surface area contributed by atoms with Crippen molar-refractivity contribution >= 4 is 11.8 Å². The zero-order valence-electron chi connectivity index (χ0n) is 9.35. The standard InChI is InChI=1S/C12H23NS/c1-12(7-4-9-13-12)8-6-11-5-2-3-10-14-11/h11,13H,2-10H2,1H3. The number of nitrogens with one attached hydrogen (secondary N) is 1. The van der Waals surface area contributed by atoms with Gasteiger partial charge in [0.25, 0.3) is 0 Å². The summed E-state index contributed by atoms with van der Waals surface area (Å²) in [4.78, 5) is 0. The van der Waals surface area contributed by atoms with Gasteiger partial charge in [0.2, 0.25) is 0 Å². The minimum absolute atomic E-state index is 0.484. The van der Waals surface area contributed by atoms with Gasteiger partial charge in [0.15, 0.2) is 0 Å². The van der Waals surface area contributed by atoms with Crippen LogP contribution < -0.4 is 5.32 Å². The summed E-state index contributed by atoms with van der Waals surface area (Å²) in [5.74, 6) is 1.41. The highest BCUT2D eigenvalue weighted by molar-refractivity contribution is 7.99. The van der Waals surface area contributed by atoms with Gasteiger partial charge in [-0.15, -0.1) is 0 Å². The maximum Gasteiger partial charge on any atom is 0.0154 e. The number of rotatable bonds is 3. The first-order chi connectivity index (χ1) is 6.79. The van der Waals surface area contributed by atoms with E-state index < -0.39 is 0 Å². The van der Waals surface area contributed by atoms with Crippen molar-refractivity contribution in [1.29, 1.82) is 0 Å². The fourth-order valence-electron chi connectivity index (χ4n) is 2.69. The quantitative estimate of drug-likeness (QED) is 0.772. The van der Waals surface area contributed by atoms with Crippen molar-refractivity contribution in [2.45, 2.75) is 62.7 Å². The molecular weight excluding hydrogens is 190 g/mol. The smallest absolute Gasteiger partial charge is 0.0154 e. The maximum atomic E-state index is 3.66. The molecule has 0 aromatic heterocycles. The average molecular weight is 213 g/mol. The summed E-state index contributed by atoms with van der Waals surface area (Å²) in [6, 6.07) is 0. The Balaban J connectivity index is 1.70. The van der Waals surface area contributed by atoms with Gasteiger partial charge in [-0.2, -0.15) is 11.8 Å². The van der Waals surface area contributed by atoms with Crippen molar-refractivity contribution < 1.29 is 0 Å². The molecule has 0 aromatic rings. The lowest BCUT2D eigenvalue weighted by molar-refractivity contribution is 0.367. The average Bonchev–Trinajstić information content (AvgIpc) is 2.65. The van der Waals surface area contributed by atoms with Gasteiger partial charge in [-0.3, -0.25) is 0 Å². The molecule has 14 heavy (non-hydrogen) atoms. The molecule has 0 radical (unpaired) electrons. The van der Waals surface area contributed by atoms with Crippen molar-refractivity contribution in [3.63, 3.8) is 0 Å². The van der Waals surface area contributed by atoms with Crippen LogP contribution in [0.4, 0.5) is 0 Å². The molecule has 0 saturated carbocycles. The lowest BCUT2D eigenvalue weighted by atomic mass is 9.92. The predicted molar refractivity (Wildman–Crippen MR) is 65.0 cm³/mol. The second-order valence-corrected chi connectivity index (χ2v) is 6.53. The van der Waals surface area contributed by atoms with Crippen molar-refractivity contribution in [2.75, 3.05) is 12.3 Å². The minimum atomic E-state index is 0.484. The van der Waals surface area contributed by atoms with Crippen molar-refractivity contribution in [3.8, 4) is 0 Å². The Labute approximate surface area is 92.4 Å². The zero-order valence-corrected chi connectivity index (χ0v) is 10.2. The molecule has 2 aliphatic rings. The van der Waals surface area contributed by atoms with Crippen LogP contribution in [0.15, 0.2) is 0 Å². The van der Waals surface area contributed by atoms with Crippen LogP contribution in [0, 0.1) is 0 Å². The van der Waals surface area contributed by atoms with E-state index in [0.717, 1.165) is 5.25 Å². The molecule has 2 heterocycles. The number of thioether (sulfide) groups is 1. The number of hydrogen-bond donors (Lipinski definition) is 1. The molecule has 2 rings (SSSR count). The van der Waals surface area contributed by atoms with Gasteiger partial charge in [0.1, 0.15) is 0 Å². The molecule has 0 spiro atoms. The molecule has 0 aliphatic carbocycles. The van der Waals surface area contributed by atoms with E-state index >= 15 is 0 Å². The van der Waals surface area contributed by atoms with Crippen molar-refractivity contribution in [1.82, 2.24) is 5.32 Å². The molecule has 2 heteroatoms. The Morgan fingerprint density at radius 2 is 2.29 bits per heavy atom. The molecule has 2 fully saturated rings. The third-order valence-electron chi connectivity index (χ3n) is 3.75. The highest BCUT2D eigenvalue weighted by Crippen LogP contribution is 2.32. The molecule has 0 bridgehead atoms. The first-order valence-corrected chi connectivity index (χ1v) is 7.20. The van der Waals surface area contributed by atoms with Crippen LogP contribution in [0.25, 0.3) is 0 Å². The molecule has 2 unspecified atom stereocenters. The summed E-state index contributed by atoms with van der Waals surface area (Å²) in [5, 5.41) is 4.64. The van der Waals surface area contributed by atoms with E-state index in [1.54, 1.807) is 0 Å². The van der Waals surface area contributed by atoms with Gasteiger partial charge in [-0.25, -0.2) is 0 Å². The molecule has 2 atom stereocenters. The van der Waals surface area contributed by atoms with Gasteiger partial charge in [0, 0.05) is 10.8 Å². The van der Waals surface area contributed by atoms with E-state index in [1.165, 1.54) is 57.2 Å². The van der Waals surface area contributed by atoms with Crippen molar-refractivity contribution in [3.05, 3.63) is 0 Å². The molecule has 2 saturated heterocycles. The van der Waals surface area contributed by atoms with Gasteiger partial charge < -0.3 is 5.32 Å². The van der Waals surface area contributed by atoms with E-state index in [9.17, 15) is 0 Å². The van der Waals surface area contributed by atoms with Crippen LogP contribution in [-0.2, 0) is 0 Å². The van der Waals surface area contributed by atoms with E-state index in [0.29, 0.717) is 5.54 Å². The first kappa shape index (κ1) is 10.8. The van der Waals surface area contributed by atoms with Crippen LogP contribution in [0.1, 0.15) is 51.9 Å². The highest BCUT2D eigenvalue weighted by atomic mass is 32.2. The second kappa shape index (κ2) is 4.89. The van der Waals surface area contributed by atoms with Gasteiger partial charge in [0.05, 0.1) is 0 Å². The largest absolute Gasteiger partial charge is 0.312 e. The Bertz CT molecular complexity index is 169. The summed E-state index contributed by atoms with van der Waals surface area (Å²) in [6.45, 7) is 3.65.